The highest BCUT2D eigenvalue weighted by Crippen LogP contribution is 2.32. The summed E-state index contributed by atoms with van der Waals surface area (Å²) in [5.74, 6) is 0.429. The van der Waals surface area contributed by atoms with E-state index in [2.05, 4.69) is 23.1 Å². The number of primary sulfonamides is 1. The fourth-order valence-electron chi connectivity index (χ4n) is 2.94. The topological polar surface area (TPSA) is 113 Å². The maximum Gasteiger partial charge on any atom is 0.270 e. The molecule has 1 atom stereocenters. The van der Waals surface area contributed by atoms with Crippen LogP contribution in [0, 0.1) is 5.92 Å². The van der Waals surface area contributed by atoms with Crippen molar-refractivity contribution in [3.05, 3.63) is 45.6 Å². The number of fused-ring (bicyclic) bond motifs is 1. The van der Waals surface area contributed by atoms with Crippen LogP contribution >= 0.6 is 23.6 Å². The lowest BCUT2D eigenvalue weighted by molar-refractivity contribution is 0.0943. The number of carbonyl (C=O) groups excluding carboxylic acids is 1. The Balaban J connectivity index is 1.56. The number of hydrazine groups is 1. The van der Waals surface area contributed by atoms with Gasteiger partial charge in [0.15, 0.2) is 5.11 Å². The maximum absolute atomic E-state index is 12.4. The van der Waals surface area contributed by atoms with E-state index in [-0.39, 0.29) is 15.9 Å². The molecule has 0 saturated carbocycles. The van der Waals surface area contributed by atoms with Gasteiger partial charge in [0.2, 0.25) is 10.0 Å². The molecule has 0 aliphatic heterocycles. The van der Waals surface area contributed by atoms with Gasteiger partial charge in [-0.1, -0.05) is 6.92 Å². The van der Waals surface area contributed by atoms with E-state index in [1.165, 1.54) is 29.1 Å². The number of hydrogen-bond donors (Lipinski definition) is 4. The Labute approximate surface area is 167 Å². The number of rotatable bonds is 3. The Hall–Kier alpha value is -2.01. The number of nitrogens with one attached hydrogen (secondary N) is 3. The minimum absolute atomic E-state index is 0.0109. The molecule has 0 radical (unpaired) electrons. The van der Waals surface area contributed by atoms with E-state index in [4.69, 9.17) is 17.4 Å². The zero-order valence-electron chi connectivity index (χ0n) is 14.6. The van der Waals surface area contributed by atoms with Gasteiger partial charge >= 0.3 is 0 Å². The molecule has 1 aliphatic rings. The highest BCUT2D eigenvalue weighted by Gasteiger charge is 2.23. The van der Waals surface area contributed by atoms with Crippen molar-refractivity contribution in [2.24, 2.45) is 11.1 Å². The van der Waals surface area contributed by atoms with Gasteiger partial charge in [-0.05, 0) is 67.2 Å². The Kier molecular flexibility index (Phi) is 5.80. The lowest BCUT2D eigenvalue weighted by Gasteiger charge is -2.19. The Morgan fingerprint density at radius 1 is 1.26 bits per heavy atom. The number of sulfonamides is 1. The first-order valence-corrected chi connectivity index (χ1v) is 11.2. The number of nitrogens with two attached hydrogens (primary N) is 1. The summed E-state index contributed by atoms with van der Waals surface area (Å²) in [7, 11) is -3.74. The standard InChI is InChI=1S/C17H20N4O3S3/c1-10-2-7-13-14(9-26-15(13)8-10)16(22)20-21-17(25)19-11-3-5-12(6-4-11)27(18,23)24/h3-6,9-10H,2,7-8H2,1H3,(H,20,22)(H2,18,23,24)(H2,19,21,25)/t10-/m1/s1. The van der Waals surface area contributed by atoms with Gasteiger partial charge in [-0.3, -0.25) is 15.6 Å². The van der Waals surface area contributed by atoms with E-state index in [9.17, 15) is 13.2 Å². The third-order valence-corrected chi connectivity index (χ3v) is 6.56. The van der Waals surface area contributed by atoms with E-state index in [1.807, 2.05) is 5.38 Å². The molecule has 1 aromatic carbocycles. The van der Waals surface area contributed by atoms with Crippen LogP contribution < -0.4 is 21.3 Å². The first-order chi connectivity index (χ1) is 12.7. The molecule has 1 aliphatic carbocycles. The second-order valence-electron chi connectivity index (χ2n) is 6.50. The maximum atomic E-state index is 12.4. The average molecular weight is 425 g/mol. The minimum Gasteiger partial charge on any atom is -0.331 e. The van der Waals surface area contributed by atoms with E-state index >= 15 is 0 Å². The van der Waals surface area contributed by atoms with Gasteiger partial charge in [-0.25, -0.2) is 13.6 Å². The number of thiophene rings is 1. The molecule has 0 saturated heterocycles. The van der Waals surface area contributed by atoms with Crippen LogP contribution in [0.4, 0.5) is 5.69 Å². The third-order valence-electron chi connectivity index (χ3n) is 4.38. The van der Waals surface area contributed by atoms with Gasteiger partial charge in [0.05, 0.1) is 10.5 Å². The predicted octanol–water partition coefficient (Wildman–Crippen LogP) is 2.15. The molecule has 0 spiro atoms. The number of carbonyl (C=O) groups is 1. The molecule has 1 aromatic heterocycles. The summed E-state index contributed by atoms with van der Waals surface area (Å²) in [6.07, 6.45) is 3.03. The molecule has 2 aromatic rings. The Bertz CT molecular complexity index is 968. The van der Waals surface area contributed by atoms with Gasteiger partial charge < -0.3 is 5.32 Å². The molecule has 0 bridgehead atoms. The van der Waals surface area contributed by atoms with Gasteiger partial charge in [0.25, 0.3) is 5.91 Å². The molecule has 144 valence electrons. The summed E-state index contributed by atoms with van der Waals surface area (Å²) in [5, 5.41) is 10.00. The van der Waals surface area contributed by atoms with E-state index < -0.39 is 10.0 Å². The van der Waals surface area contributed by atoms with Crippen molar-refractivity contribution in [3.8, 4) is 0 Å². The quantitative estimate of drug-likeness (QED) is 0.444. The molecule has 1 amide bonds. The summed E-state index contributed by atoms with van der Waals surface area (Å²) < 4.78 is 22.5. The molecule has 27 heavy (non-hydrogen) atoms. The van der Waals surface area contributed by atoms with Gasteiger partial charge in [-0.15, -0.1) is 11.3 Å². The van der Waals surface area contributed by atoms with E-state index in [0.717, 1.165) is 24.8 Å². The molecule has 1 heterocycles. The van der Waals surface area contributed by atoms with Crippen molar-refractivity contribution in [1.29, 1.82) is 0 Å². The smallest absolute Gasteiger partial charge is 0.270 e. The minimum atomic E-state index is -3.74. The van der Waals surface area contributed by atoms with Crippen molar-refractivity contribution in [1.82, 2.24) is 10.9 Å². The lowest BCUT2D eigenvalue weighted by atomic mass is 9.88. The third kappa shape index (κ3) is 4.83. The first kappa shape index (κ1) is 19.7. The number of hydrogen-bond acceptors (Lipinski definition) is 5. The molecule has 5 N–H and O–H groups in total. The molecule has 10 heteroatoms. The fourth-order valence-corrected chi connectivity index (χ4v) is 4.87. The van der Waals surface area contributed by atoms with Crippen molar-refractivity contribution >= 4 is 50.3 Å². The van der Waals surface area contributed by atoms with Gasteiger partial charge in [-0.2, -0.15) is 0 Å². The highest BCUT2D eigenvalue weighted by atomic mass is 32.2. The van der Waals surface area contributed by atoms with Crippen LogP contribution in [0.15, 0.2) is 34.5 Å². The molecule has 3 rings (SSSR count). The monoisotopic (exact) mass is 424 g/mol. The summed E-state index contributed by atoms with van der Waals surface area (Å²) in [6, 6.07) is 5.81. The average Bonchev–Trinajstić information content (AvgIpc) is 3.02. The second kappa shape index (κ2) is 7.93. The van der Waals surface area contributed by atoms with Crippen LogP contribution in [0.1, 0.15) is 34.1 Å². The fraction of sp³-hybridized carbons (Fsp3) is 0.294. The van der Waals surface area contributed by atoms with Crippen LogP contribution in [0.25, 0.3) is 0 Å². The van der Waals surface area contributed by atoms with E-state index in [1.54, 1.807) is 11.3 Å². The number of benzene rings is 1. The summed E-state index contributed by atoms with van der Waals surface area (Å²) in [4.78, 5) is 13.7. The Morgan fingerprint density at radius 3 is 2.63 bits per heavy atom. The van der Waals surface area contributed by atoms with Crippen molar-refractivity contribution in [2.75, 3.05) is 5.32 Å². The summed E-state index contributed by atoms with van der Waals surface area (Å²) in [6.45, 7) is 2.23. The van der Waals surface area contributed by atoms with Crippen LogP contribution in [0.2, 0.25) is 0 Å². The predicted molar refractivity (Wildman–Crippen MR) is 110 cm³/mol. The van der Waals surface area contributed by atoms with Crippen molar-refractivity contribution in [3.63, 3.8) is 0 Å². The lowest BCUT2D eigenvalue weighted by Crippen LogP contribution is -2.44. The van der Waals surface area contributed by atoms with Crippen LogP contribution in [0.5, 0.6) is 0 Å². The van der Waals surface area contributed by atoms with Crippen LogP contribution in [-0.2, 0) is 22.9 Å². The Morgan fingerprint density at radius 2 is 1.96 bits per heavy atom. The van der Waals surface area contributed by atoms with Crippen molar-refractivity contribution < 1.29 is 13.2 Å². The number of amides is 1. The molecular formula is C17H20N4O3S3. The largest absolute Gasteiger partial charge is 0.331 e. The summed E-state index contributed by atoms with van der Waals surface area (Å²) in [5.41, 5.74) is 7.65. The molecule has 0 unspecified atom stereocenters. The molecular weight excluding hydrogens is 404 g/mol. The molecule has 0 fully saturated rings. The van der Waals surface area contributed by atoms with Gasteiger partial charge in [0, 0.05) is 15.9 Å². The zero-order valence-corrected chi connectivity index (χ0v) is 17.1. The zero-order chi connectivity index (χ0) is 19.6. The van der Waals surface area contributed by atoms with Crippen molar-refractivity contribution in [2.45, 2.75) is 31.1 Å². The second-order valence-corrected chi connectivity index (χ2v) is 9.44. The summed E-state index contributed by atoms with van der Waals surface area (Å²) >= 11 is 6.78. The first-order valence-electron chi connectivity index (χ1n) is 8.33. The number of thiocarbonyl (C=S) groups is 1. The van der Waals surface area contributed by atoms with E-state index in [0.29, 0.717) is 17.2 Å². The van der Waals surface area contributed by atoms with Crippen LogP contribution in [-0.4, -0.2) is 19.4 Å². The normalized spacial score (nSPS) is 16.3. The molecule has 7 nitrogen and oxygen atoms in total. The SMILES string of the molecule is C[C@@H]1CCc2c(C(=O)NNC(=S)Nc3ccc(S(N)(=O)=O)cc3)csc2C1. The van der Waals surface area contributed by atoms with Crippen LogP contribution in [0.3, 0.4) is 0 Å². The number of anilines is 1. The highest BCUT2D eigenvalue weighted by molar-refractivity contribution is 7.89. The van der Waals surface area contributed by atoms with Gasteiger partial charge in [0.1, 0.15) is 0 Å².